The molecule has 0 aliphatic rings. The van der Waals surface area contributed by atoms with Crippen LogP contribution >= 0.6 is 0 Å². The molecule has 1 aromatic heterocycles. The lowest BCUT2D eigenvalue weighted by Gasteiger charge is -2.12. The molecule has 7 heteroatoms. The molecule has 146 valence electrons. The Kier molecular flexibility index (Phi) is 4.92. The number of fused-ring (bicyclic) bond motifs is 1. The number of aromatic nitrogens is 1. The second kappa shape index (κ2) is 7.54. The number of nitrogens with zero attached hydrogens (tertiary/aromatic N) is 1. The molecule has 1 amide bonds. The molecule has 4 rings (SSSR count). The molecule has 3 aromatic carbocycles. The smallest absolute Gasteiger partial charge is 0.244 e. The van der Waals surface area contributed by atoms with Gasteiger partial charge in [0.2, 0.25) is 15.9 Å². The highest BCUT2D eigenvalue weighted by Gasteiger charge is 2.14. The van der Waals surface area contributed by atoms with Crippen LogP contribution in [0.15, 0.2) is 89.8 Å². The predicted molar refractivity (Wildman–Crippen MR) is 114 cm³/mol. The van der Waals surface area contributed by atoms with Gasteiger partial charge in [0.25, 0.3) is 0 Å². The molecule has 0 spiro atoms. The SMILES string of the molecule is NS(=O)(=O)c1ccc(NC(=O)Cn2c(-c3ccccc3)cc3ccccc32)cc1. The Balaban J connectivity index is 1.63. The van der Waals surface area contributed by atoms with Crippen LogP contribution in [0.2, 0.25) is 0 Å². The van der Waals surface area contributed by atoms with Gasteiger partial charge in [-0.3, -0.25) is 4.79 Å². The lowest BCUT2D eigenvalue weighted by atomic mass is 10.1. The van der Waals surface area contributed by atoms with Gasteiger partial charge in [0, 0.05) is 22.3 Å². The number of para-hydroxylation sites is 1. The van der Waals surface area contributed by atoms with Crippen molar-refractivity contribution in [2.75, 3.05) is 5.32 Å². The molecule has 4 aromatic rings. The third-order valence-electron chi connectivity index (χ3n) is 4.65. The molecule has 0 aliphatic carbocycles. The maximum absolute atomic E-state index is 12.7. The van der Waals surface area contributed by atoms with Crippen molar-refractivity contribution in [3.8, 4) is 11.3 Å². The first-order valence-corrected chi connectivity index (χ1v) is 10.5. The van der Waals surface area contributed by atoms with Crippen LogP contribution in [0.3, 0.4) is 0 Å². The van der Waals surface area contributed by atoms with E-state index in [0.29, 0.717) is 5.69 Å². The summed E-state index contributed by atoms with van der Waals surface area (Å²) in [4.78, 5) is 12.7. The Morgan fingerprint density at radius 2 is 1.55 bits per heavy atom. The quantitative estimate of drug-likeness (QED) is 0.531. The van der Waals surface area contributed by atoms with Gasteiger partial charge in [-0.2, -0.15) is 0 Å². The van der Waals surface area contributed by atoms with Crippen molar-refractivity contribution in [1.82, 2.24) is 4.57 Å². The molecular weight excluding hydrogens is 386 g/mol. The van der Waals surface area contributed by atoms with Crippen molar-refractivity contribution in [1.29, 1.82) is 0 Å². The Morgan fingerprint density at radius 1 is 0.897 bits per heavy atom. The summed E-state index contributed by atoms with van der Waals surface area (Å²) in [7, 11) is -3.77. The molecule has 6 nitrogen and oxygen atoms in total. The summed E-state index contributed by atoms with van der Waals surface area (Å²) in [5.74, 6) is -0.216. The number of primary sulfonamides is 1. The first-order valence-electron chi connectivity index (χ1n) is 8.98. The number of sulfonamides is 1. The minimum Gasteiger partial charge on any atom is -0.331 e. The monoisotopic (exact) mass is 405 g/mol. The Labute approximate surface area is 168 Å². The molecule has 29 heavy (non-hydrogen) atoms. The van der Waals surface area contributed by atoms with E-state index in [1.807, 2.05) is 59.2 Å². The number of rotatable bonds is 5. The van der Waals surface area contributed by atoms with Crippen LogP contribution in [0.1, 0.15) is 0 Å². The van der Waals surface area contributed by atoms with Gasteiger partial charge < -0.3 is 9.88 Å². The van der Waals surface area contributed by atoms with Crippen LogP contribution in [0.25, 0.3) is 22.2 Å². The maximum Gasteiger partial charge on any atom is 0.244 e. The van der Waals surface area contributed by atoms with Crippen molar-refractivity contribution in [2.45, 2.75) is 11.4 Å². The molecule has 3 N–H and O–H groups in total. The van der Waals surface area contributed by atoms with Crippen LogP contribution in [-0.4, -0.2) is 18.9 Å². The van der Waals surface area contributed by atoms with Crippen molar-refractivity contribution in [2.24, 2.45) is 5.14 Å². The topological polar surface area (TPSA) is 94.2 Å². The van der Waals surface area contributed by atoms with E-state index in [1.165, 1.54) is 24.3 Å². The predicted octanol–water partition coefficient (Wildman–Crippen LogP) is 3.59. The summed E-state index contributed by atoms with van der Waals surface area (Å²) in [6.07, 6.45) is 0. The van der Waals surface area contributed by atoms with E-state index in [2.05, 4.69) is 11.4 Å². The highest BCUT2D eigenvalue weighted by atomic mass is 32.2. The summed E-state index contributed by atoms with van der Waals surface area (Å²) in [5, 5.41) is 8.96. The van der Waals surface area contributed by atoms with Crippen molar-refractivity contribution in [3.63, 3.8) is 0 Å². The fourth-order valence-electron chi connectivity index (χ4n) is 3.30. The largest absolute Gasteiger partial charge is 0.331 e. The number of nitrogens with one attached hydrogen (secondary N) is 1. The van der Waals surface area contributed by atoms with E-state index in [1.54, 1.807) is 0 Å². The van der Waals surface area contributed by atoms with E-state index >= 15 is 0 Å². The Hall–Kier alpha value is -3.42. The number of amides is 1. The van der Waals surface area contributed by atoms with Gasteiger partial charge >= 0.3 is 0 Å². The van der Waals surface area contributed by atoms with Gasteiger partial charge in [-0.05, 0) is 42.0 Å². The molecule has 0 fully saturated rings. The first kappa shape index (κ1) is 18.9. The normalized spacial score (nSPS) is 11.5. The number of nitrogens with two attached hydrogens (primary N) is 1. The number of benzene rings is 3. The van der Waals surface area contributed by atoms with E-state index in [0.717, 1.165) is 22.2 Å². The third-order valence-corrected chi connectivity index (χ3v) is 5.58. The van der Waals surface area contributed by atoms with Crippen LogP contribution < -0.4 is 10.5 Å². The number of carbonyl (C=O) groups excluding carboxylic acids is 1. The molecule has 0 saturated heterocycles. The number of hydrogen-bond donors (Lipinski definition) is 2. The number of hydrogen-bond acceptors (Lipinski definition) is 3. The second-order valence-electron chi connectivity index (χ2n) is 6.66. The van der Waals surface area contributed by atoms with Gasteiger partial charge in [-0.1, -0.05) is 48.5 Å². The van der Waals surface area contributed by atoms with E-state index < -0.39 is 10.0 Å². The van der Waals surface area contributed by atoms with Gasteiger partial charge in [-0.15, -0.1) is 0 Å². The Bertz CT molecular complexity index is 1280. The molecule has 0 atom stereocenters. The highest BCUT2D eigenvalue weighted by Crippen LogP contribution is 2.28. The van der Waals surface area contributed by atoms with Crippen molar-refractivity contribution in [3.05, 3.63) is 84.9 Å². The summed E-state index contributed by atoms with van der Waals surface area (Å²) < 4.78 is 24.7. The minimum absolute atomic E-state index is 0.00161. The number of carbonyl (C=O) groups is 1. The summed E-state index contributed by atoms with van der Waals surface area (Å²) in [6, 6.07) is 25.6. The van der Waals surface area contributed by atoms with E-state index in [-0.39, 0.29) is 17.3 Å². The maximum atomic E-state index is 12.7. The zero-order chi connectivity index (χ0) is 20.4. The van der Waals surface area contributed by atoms with Gasteiger partial charge in [-0.25, -0.2) is 13.6 Å². The average Bonchev–Trinajstić information content (AvgIpc) is 3.07. The number of anilines is 1. The molecule has 1 heterocycles. The second-order valence-corrected chi connectivity index (χ2v) is 8.22. The fourth-order valence-corrected chi connectivity index (χ4v) is 3.82. The highest BCUT2D eigenvalue weighted by molar-refractivity contribution is 7.89. The van der Waals surface area contributed by atoms with E-state index in [4.69, 9.17) is 5.14 Å². The molecule has 0 unspecified atom stereocenters. The first-order chi connectivity index (χ1) is 13.9. The zero-order valence-corrected chi connectivity index (χ0v) is 16.3. The third kappa shape index (κ3) is 4.06. The molecule has 0 saturated carbocycles. The molecular formula is C22H19N3O3S. The zero-order valence-electron chi connectivity index (χ0n) is 15.4. The lowest BCUT2D eigenvalue weighted by Crippen LogP contribution is -2.19. The van der Waals surface area contributed by atoms with Crippen LogP contribution in [0.4, 0.5) is 5.69 Å². The van der Waals surface area contributed by atoms with Crippen molar-refractivity contribution < 1.29 is 13.2 Å². The standard InChI is InChI=1S/C22H19N3O3S/c23-29(27,28)19-12-10-18(11-13-19)24-22(26)15-25-20-9-5-4-8-17(20)14-21(25)16-6-2-1-3-7-16/h1-14H,15H2,(H,24,26)(H2,23,27,28). The summed E-state index contributed by atoms with van der Waals surface area (Å²) in [5.41, 5.74) is 3.44. The molecule has 0 bridgehead atoms. The van der Waals surface area contributed by atoms with Crippen LogP contribution in [0, 0.1) is 0 Å². The van der Waals surface area contributed by atoms with E-state index in [9.17, 15) is 13.2 Å². The summed E-state index contributed by atoms with van der Waals surface area (Å²) >= 11 is 0. The lowest BCUT2D eigenvalue weighted by molar-refractivity contribution is -0.116. The minimum atomic E-state index is -3.77. The fraction of sp³-hybridized carbons (Fsp3) is 0.0455. The van der Waals surface area contributed by atoms with Gasteiger partial charge in [0.05, 0.1) is 4.90 Å². The average molecular weight is 405 g/mol. The Morgan fingerprint density at radius 3 is 2.24 bits per heavy atom. The summed E-state index contributed by atoms with van der Waals surface area (Å²) in [6.45, 7) is 0.120. The molecule has 0 aliphatic heterocycles. The molecule has 0 radical (unpaired) electrons. The van der Waals surface area contributed by atoms with Crippen molar-refractivity contribution >= 4 is 32.5 Å². The van der Waals surface area contributed by atoms with Gasteiger partial charge in [0.15, 0.2) is 0 Å². The van der Waals surface area contributed by atoms with Gasteiger partial charge in [0.1, 0.15) is 6.54 Å². The van der Waals surface area contributed by atoms with Crippen LogP contribution in [0.5, 0.6) is 0 Å². The van der Waals surface area contributed by atoms with Crippen LogP contribution in [-0.2, 0) is 21.4 Å².